The van der Waals surface area contributed by atoms with Crippen molar-refractivity contribution in [3.8, 4) is 0 Å². The van der Waals surface area contributed by atoms with Crippen molar-refractivity contribution < 1.29 is 46.7 Å². The Hall–Kier alpha value is 1.43. The van der Waals surface area contributed by atoms with Gasteiger partial charge in [0, 0.05) is 8.07 Å². The second-order valence-electron chi connectivity index (χ2n) is 9.74. The van der Waals surface area contributed by atoms with Gasteiger partial charge in [-0.3, -0.25) is 4.99 Å². The summed E-state index contributed by atoms with van der Waals surface area (Å²) >= 11 is 0.500. The second-order valence-corrected chi connectivity index (χ2v) is 15.2. The molecular formula is C20H38ClFeHgNOSi+2. The maximum Gasteiger partial charge on any atom is 2.00 e. The SMILES string of the molecule is C1CCCC1.CC(C)(C)[C@H]1COC(C2[CH-]CCC2[Si](C)(C)C)=N1.[Cl][Hg+].[Fe+2]. The van der Waals surface area contributed by atoms with Crippen molar-refractivity contribution >= 4 is 22.2 Å². The van der Waals surface area contributed by atoms with Gasteiger partial charge in [-0.1, -0.05) is 90.4 Å². The summed E-state index contributed by atoms with van der Waals surface area (Å²) in [5.74, 6) is 1.55. The summed E-state index contributed by atoms with van der Waals surface area (Å²) in [6.45, 7) is 15.0. The van der Waals surface area contributed by atoms with Gasteiger partial charge in [-0.15, -0.1) is 0 Å². The van der Waals surface area contributed by atoms with Crippen LogP contribution in [0.3, 0.4) is 0 Å². The summed E-state index contributed by atoms with van der Waals surface area (Å²) in [6, 6.07) is 0.337. The molecule has 3 aliphatic rings. The fourth-order valence-electron chi connectivity index (χ4n) is 3.95. The zero-order valence-electron chi connectivity index (χ0n) is 17.8. The molecule has 3 rings (SSSR count). The third-order valence-corrected chi connectivity index (χ3v) is 8.52. The van der Waals surface area contributed by atoms with Crippen LogP contribution in [0.4, 0.5) is 0 Å². The van der Waals surface area contributed by atoms with Crippen LogP contribution in [-0.4, -0.2) is 26.6 Å². The maximum atomic E-state index is 5.94. The fourth-order valence-corrected chi connectivity index (χ4v) is 6.33. The first kappa shape index (κ1) is 27.4. The molecule has 26 heavy (non-hydrogen) atoms. The van der Waals surface area contributed by atoms with Gasteiger partial charge in [0.25, 0.3) is 0 Å². The van der Waals surface area contributed by atoms with Gasteiger partial charge in [-0.25, -0.2) is 0 Å². The Balaban J connectivity index is 0.000000664. The molecule has 3 atom stereocenters. The van der Waals surface area contributed by atoms with Crippen LogP contribution in [0.2, 0.25) is 25.2 Å². The predicted octanol–water partition coefficient (Wildman–Crippen LogP) is 6.79. The molecule has 2 aliphatic carbocycles. The molecule has 2 unspecified atom stereocenters. The third kappa shape index (κ3) is 8.84. The zero-order valence-corrected chi connectivity index (χ0v) is 26.1. The number of hydrogen-bond acceptors (Lipinski definition) is 2. The number of halogens is 1. The topological polar surface area (TPSA) is 21.6 Å². The molecule has 0 saturated heterocycles. The average molecular weight is 629 g/mol. The van der Waals surface area contributed by atoms with Crippen molar-refractivity contribution in [1.29, 1.82) is 0 Å². The van der Waals surface area contributed by atoms with Crippen molar-refractivity contribution in [2.75, 3.05) is 6.61 Å². The Labute approximate surface area is 193 Å². The third-order valence-electron chi connectivity index (χ3n) is 5.65. The molecule has 0 amide bonds. The molecule has 0 aromatic rings. The molecular weight excluding hydrogens is 590 g/mol. The van der Waals surface area contributed by atoms with Crippen molar-refractivity contribution in [1.82, 2.24) is 0 Å². The van der Waals surface area contributed by atoms with Gasteiger partial charge in [0.2, 0.25) is 0 Å². The van der Waals surface area contributed by atoms with Crippen LogP contribution in [0.25, 0.3) is 0 Å². The normalized spacial score (nSPS) is 28.0. The number of aliphatic imine (C=N–C) groups is 1. The van der Waals surface area contributed by atoms with E-state index >= 15 is 0 Å². The Morgan fingerprint density at radius 1 is 1.08 bits per heavy atom. The number of rotatable bonds is 2. The molecule has 0 bridgehead atoms. The summed E-state index contributed by atoms with van der Waals surface area (Å²) < 4.78 is 5.94. The van der Waals surface area contributed by atoms with E-state index in [1.54, 1.807) is 0 Å². The summed E-state index contributed by atoms with van der Waals surface area (Å²) in [6.07, 6.45) is 12.5. The van der Waals surface area contributed by atoms with Crippen molar-refractivity contribution in [3.63, 3.8) is 0 Å². The molecule has 2 nitrogen and oxygen atoms in total. The van der Waals surface area contributed by atoms with Gasteiger partial charge in [-0.2, -0.15) is 6.42 Å². The van der Waals surface area contributed by atoms with Crippen LogP contribution < -0.4 is 0 Å². The number of hydrogen-bond donors (Lipinski definition) is 0. The largest absolute Gasteiger partial charge is 2.00 e. The Morgan fingerprint density at radius 3 is 1.96 bits per heavy atom. The Bertz CT molecular complexity index is 411. The first-order valence-corrected chi connectivity index (χ1v) is 20.3. The fraction of sp³-hybridized carbons (Fsp3) is 0.900. The minimum atomic E-state index is -1.11. The molecule has 0 N–H and O–H groups in total. The second kappa shape index (κ2) is 12.9. The van der Waals surface area contributed by atoms with E-state index in [9.17, 15) is 0 Å². The summed E-state index contributed by atoms with van der Waals surface area (Å²) in [7, 11) is 3.72. The van der Waals surface area contributed by atoms with Crippen molar-refractivity contribution in [2.45, 2.75) is 96.9 Å². The predicted molar refractivity (Wildman–Crippen MR) is 110 cm³/mol. The Morgan fingerprint density at radius 2 is 1.58 bits per heavy atom. The van der Waals surface area contributed by atoms with E-state index < -0.39 is 8.07 Å². The van der Waals surface area contributed by atoms with Crippen LogP contribution in [0.5, 0.6) is 0 Å². The molecule has 6 heteroatoms. The summed E-state index contributed by atoms with van der Waals surface area (Å²) in [5, 5.41) is 0. The minimum Gasteiger partial charge on any atom is 2.00 e. The molecule has 1 heterocycles. The molecule has 0 aromatic carbocycles. The molecule has 0 aromatic heterocycles. The van der Waals surface area contributed by atoms with Crippen LogP contribution in [0.1, 0.15) is 65.7 Å². The van der Waals surface area contributed by atoms with E-state index in [1.807, 2.05) is 0 Å². The van der Waals surface area contributed by atoms with E-state index in [0.29, 0.717) is 36.8 Å². The monoisotopic (exact) mass is 629 g/mol. The average Bonchev–Trinajstić information content (AvgIpc) is 3.28. The van der Waals surface area contributed by atoms with Gasteiger partial charge >= 0.3 is 50.2 Å². The van der Waals surface area contributed by atoms with Crippen LogP contribution >= 0.6 is 8.25 Å². The van der Waals surface area contributed by atoms with Crippen molar-refractivity contribution in [3.05, 3.63) is 6.42 Å². The van der Waals surface area contributed by atoms with Gasteiger partial charge in [0.1, 0.15) is 6.61 Å². The van der Waals surface area contributed by atoms with E-state index in [1.165, 1.54) is 44.9 Å². The zero-order chi connectivity index (χ0) is 19.1. The number of ether oxygens (including phenoxy) is 1. The van der Waals surface area contributed by atoms with E-state index in [2.05, 4.69) is 46.8 Å². The first-order valence-electron chi connectivity index (χ1n) is 10.00. The Kier molecular flexibility index (Phi) is 13.6. The van der Waals surface area contributed by atoms with E-state index in [4.69, 9.17) is 18.0 Å². The first-order chi connectivity index (χ1) is 11.7. The van der Waals surface area contributed by atoms with Crippen molar-refractivity contribution in [2.24, 2.45) is 16.3 Å². The molecule has 148 valence electrons. The molecule has 0 radical (unpaired) electrons. The standard InChI is InChI=1S/C15H28NOSi.C5H10.ClH.Fe.Hg/c1-15(2,3)13-10-17-14(16-13)11-8-7-9-12(11)18(4,5)6;1-2-4-5-3-1;;;/h8,11-13H,7,9-10H2,1-6H3;1-5H2;1H;;/q-1;;;2*+2/p-1/t11?,12?,13-;;;;/m1..../s1. The number of nitrogens with zero attached hydrogens (tertiary/aromatic N) is 1. The van der Waals surface area contributed by atoms with Gasteiger partial charge in [0.15, 0.2) is 5.90 Å². The van der Waals surface area contributed by atoms with E-state index in [0.717, 1.165) is 18.0 Å². The summed E-state index contributed by atoms with van der Waals surface area (Å²) in [5.41, 5.74) is 1.03. The van der Waals surface area contributed by atoms with Crippen LogP contribution in [0.15, 0.2) is 4.99 Å². The molecule has 2 saturated carbocycles. The maximum absolute atomic E-state index is 5.94. The van der Waals surface area contributed by atoms with Gasteiger partial charge in [0.05, 0.1) is 6.04 Å². The van der Waals surface area contributed by atoms with Gasteiger partial charge in [-0.05, 0) is 5.41 Å². The van der Waals surface area contributed by atoms with Crippen LogP contribution in [0, 0.1) is 17.8 Å². The molecule has 2 fully saturated rings. The molecule has 1 aliphatic heterocycles. The summed E-state index contributed by atoms with van der Waals surface area (Å²) in [4.78, 5) is 4.89. The van der Waals surface area contributed by atoms with Gasteiger partial charge < -0.3 is 11.2 Å². The smallest absolute Gasteiger partial charge is 2.00 e. The van der Waals surface area contributed by atoms with Crippen LogP contribution in [-0.2, 0) is 46.7 Å². The molecule has 0 spiro atoms. The quantitative estimate of drug-likeness (QED) is 0.244. The van der Waals surface area contributed by atoms with E-state index in [-0.39, 0.29) is 22.5 Å². The minimum absolute atomic E-state index is 0.